The van der Waals surface area contributed by atoms with Gasteiger partial charge >= 0.3 is 6.09 Å². The number of halogens is 1. The van der Waals surface area contributed by atoms with Crippen LogP contribution in [0.3, 0.4) is 0 Å². The molecule has 1 aromatic heterocycles. The Morgan fingerprint density at radius 1 is 1.55 bits per heavy atom. The molecule has 20 heavy (non-hydrogen) atoms. The molecular formula is C13H17BrN2O4. The lowest BCUT2D eigenvalue weighted by Gasteiger charge is -2.30. The van der Waals surface area contributed by atoms with Gasteiger partial charge in [-0.25, -0.2) is 4.79 Å². The van der Waals surface area contributed by atoms with Crippen molar-refractivity contribution in [3.63, 3.8) is 0 Å². The molecule has 0 saturated carbocycles. The van der Waals surface area contributed by atoms with Crippen LogP contribution in [0, 0.1) is 5.92 Å². The fourth-order valence-corrected chi connectivity index (χ4v) is 2.87. The van der Waals surface area contributed by atoms with E-state index in [4.69, 9.17) is 9.84 Å². The predicted molar refractivity (Wildman–Crippen MR) is 75.3 cm³/mol. The number of rotatable bonds is 4. The van der Waals surface area contributed by atoms with Crippen molar-refractivity contribution in [3.8, 4) is 0 Å². The molecule has 1 aliphatic rings. The third-order valence-corrected chi connectivity index (χ3v) is 3.88. The Morgan fingerprint density at radius 2 is 2.25 bits per heavy atom. The van der Waals surface area contributed by atoms with Gasteiger partial charge in [-0.15, -0.1) is 0 Å². The molecule has 2 heterocycles. The first-order chi connectivity index (χ1) is 9.61. The number of carbonyl (C=O) groups is 1. The summed E-state index contributed by atoms with van der Waals surface area (Å²) in [6.07, 6.45) is 2.07. The zero-order valence-electron chi connectivity index (χ0n) is 10.9. The fourth-order valence-electron chi connectivity index (χ4n) is 2.49. The molecule has 0 radical (unpaired) electrons. The zero-order chi connectivity index (χ0) is 14.5. The molecule has 0 aromatic carbocycles. The lowest BCUT2D eigenvalue weighted by molar-refractivity contribution is 0.0526. The third-order valence-electron chi connectivity index (χ3n) is 3.45. The lowest BCUT2D eigenvalue weighted by atomic mass is 9.88. The molecule has 1 atom stereocenters. The van der Waals surface area contributed by atoms with Crippen molar-refractivity contribution >= 4 is 22.0 Å². The third kappa shape index (κ3) is 3.68. The van der Waals surface area contributed by atoms with E-state index in [1.807, 2.05) is 0 Å². The molecule has 1 saturated heterocycles. The van der Waals surface area contributed by atoms with E-state index in [0.717, 1.165) is 17.3 Å². The molecular weight excluding hydrogens is 328 g/mol. The summed E-state index contributed by atoms with van der Waals surface area (Å²) in [7, 11) is 0. The van der Waals surface area contributed by atoms with Crippen LogP contribution >= 0.6 is 15.9 Å². The molecule has 0 bridgehead atoms. The minimum atomic E-state index is -1.09. The second-order valence-corrected chi connectivity index (χ2v) is 5.65. The molecule has 6 nitrogen and oxygen atoms in total. The van der Waals surface area contributed by atoms with Gasteiger partial charge < -0.3 is 20.3 Å². The Morgan fingerprint density at radius 3 is 2.85 bits per heavy atom. The van der Waals surface area contributed by atoms with Crippen molar-refractivity contribution in [3.05, 3.63) is 28.0 Å². The lowest BCUT2D eigenvalue weighted by Crippen LogP contribution is -2.36. The van der Waals surface area contributed by atoms with Gasteiger partial charge in [0.2, 0.25) is 0 Å². The number of ether oxygens (including phenoxy) is 1. The average Bonchev–Trinajstić information content (AvgIpc) is 2.45. The highest BCUT2D eigenvalue weighted by Crippen LogP contribution is 2.31. The highest BCUT2D eigenvalue weighted by molar-refractivity contribution is 9.10. The number of nitrogens with one attached hydrogen (secondary N) is 1. The molecule has 3 N–H and O–H groups in total. The average molecular weight is 345 g/mol. The van der Waals surface area contributed by atoms with Crippen LogP contribution in [0.25, 0.3) is 0 Å². The van der Waals surface area contributed by atoms with Crippen molar-refractivity contribution in [1.29, 1.82) is 0 Å². The largest absolute Gasteiger partial charge is 0.465 e. The van der Waals surface area contributed by atoms with Gasteiger partial charge in [0, 0.05) is 29.4 Å². The second kappa shape index (κ2) is 7.01. The molecule has 7 heteroatoms. The molecule has 1 aromatic rings. The highest BCUT2D eigenvalue weighted by Gasteiger charge is 2.29. The van der Waals surface area contributed by atoms with Crippen LogP contribution in [-0.4, -0.2) is 34.5 Å². The topological polar surface area (TPSA) is 91.7 Å². The molecule has 0 aliphatic carbocycles. The number of nitrogens with zero attached hydrogens (tertiary/aromatic N) is 1. The first kappa shape index (κ1) is 15.2. The van der Waals surface area contributed by atoms with Gasteiger partial charge in [0.25, 0.3) is 0 Å². The molecule has 0 unspecified atom stereocenters. The van der Waals surface area contributed by atoms with E-state index in [-0.39, 0.29) is 12.5 Å². The van der Waals surface area contributed by atoms with E-state index in [2.05, 4.69) is 26.2 Å². The second-order valence-electron chi connectivity index (χ2n) is 4.73. The van der Waals surface area contributed by atoms with Crippen molar-refractivity contribution in [1.82, 2.24) is 10.3 Å². The summed E-state index contributed by atoms with van der Waals surface area (Å²) in [6, 6.07) is 1.34. The maximum Gasteiger partial charge on any atom is 0.405 e. The van der Waals surface area contributed by atoms with E-state index in [1.54, 1.807) is 12.3 Å². The highest BCUT2D eigenvalue weighted by atomic mass is 79.9. The van der Waals surface area contributed by atoms with Crippen molar-refractivity contribution in [2.75, 3.05) is 13.2 Å². The van der Waals surface area contributed by atoms with Gasteiger partial charge in [-0.3, -0.25) is 4.98 Å². The maximum atomic E-state index is 11.1. The summed E-state index contributed by atoms with van der Waals surface area (Å²) < 4.78 is 6.07. The first-order valence-corrected chi connectivity index (χ1v) is 7.23. The predicted octanol–water partition coefficient (Wildman–Crippen LogP) is 2.07. The van der Waals surface area contributed by atoms with Gasteiger partial charge in [-0.2, -0.15) is 0 Å². The van der Waals surface area contributed by atoms with E-state index < -0.39 is 12.1 Å². The number of hydrogen-bond acceptors (Lipinski definition) is 4. The Balaban J connectivity index is 2.31. The summed E-state index contributed by atoms with van der Waals surface area (Å²) in [6.45, 7) is 1.06. The van der Waals surface area contributed by atoms with Crippen LogP contribution in [-0.2, 0) is 11.3 Å². The number of amides is 1. The molecule has 1 aliphatic heterocycles. The number of aliphatic hydroxyl groups is 1. The van der Waals surface area contributed by atoms with Crippen LogP contribution in [0.15, 0.2) is 16.7 Å². The fraction of sp³-hybridized carbons (Fsp3) is 0.538. The van der Waals surface area contributed by atoms with E-state index in [0.29, 0.717) is 24.5 Å². The van der Waals surface area contributed by atoms with Gasteiger partial charge in [0.15, 0.2) is 0 Å². The number of carboxylic acid groups (broad SMARTS) is 1. The standard InChI is InChI=1S/C13H17BrN2O4/c14-10-5-9(7-17)11(15-6-10)12(16-13(18)19)8-1-3-20-4-2-8/h5-6,8,12,16-17H,1-4,7H2,(H,18,19)/t12-/m0/s1. The smallest absolute Gasteiger partial charge is 0.405 e. The monoisotopic (exact) mass is 344 g/mol. The maximum absolute atomic E-state index is 11.1. The molecule has 110 valence electrons. The van der Waals surface area contributed by atoms with Gasteiger partial charge in [-0.1, -0.05) is 0 Å². The van der Waals surface area contributed by atoms with Crippen LogP contribution in [0.1, 0.15) is 30.1 Å². The van der Waals surface area contributed by atoms with Gasteiger partial charge in [0.1, 0.15) is 0 Å². The zero-order valence-corrected chi connectivity index (χ0v) is 12.5. The first-order valence-electron chi connectivity index (χ1n) is 6.44. The number of pyridine rings is 1. The minimum absolute atomic E-state index is 0.124. The Hall–Kier alpha value is -1.18. The molecule has 1 amide bonds. The summed E-state index contributed by atoms with van der Waals surface area (Å²) in [5.74, 6) is 0.124. The number of aliphatic hydroxyl groups excluding tert-OH is 1. The molecule has 0 spiro atoms. The van der Waals surface area contributed by atoms with E-state index >= 15 is 0 Å². The quantitative estimate of drug-likeness (QED) is 0.777. The SMILES string of the molecule is O=C(O)N[C@H](c1ncc(Br)cc1CO)C1CCOCC1. The van der Waals surface area contributed by atoms with Crippen LogP contribution in [0.2, 0.25) is 0 Å². The van der Waals surface area contributed by atoms with Gasteiger partial charge in [0.05, 0.1) is 18.3 Å². The summed E-state index contributed by atoms with van der Waals surface area (Å²) in [5.41, 5.74) is 1.22. The Labute approximate surface area is 125 Å². The van der Waals surface area contributed by atoms with Gasteiger partial charge in [-0.05, 0) is 40.8 Å². The molecule has 1 fully saturated rings. The summed E-state index contributed by atoms with van der Waals surface area (Å²) >= 11 is 3.30. The van der Waals surface area contributed by atoms with E-state index in [9.17, 15) is 9.90 Å². The number of hydrogen-bond donors (Lipinski definition) is 3. The van der Waals surface area contributed by atoms with Crippen molar-refractivity contribution < 1.29 is 19.7 Å². The normalized spacial score (nSPS) is 17.7. The minimum Gasteiger partial charge on any atom is -0.465 e. The van der Waals surface area contributed by atoms with Crippen LogP contribution in [0.5, 0.6) is 0 Å². The van der Waals surface area contributed by atoms with Crippen LogP contribution < -0.4 is 5.32 Å². The summed E-state index contributed by atoms with van der Waals surface area (Å²) in [5, 5.41) is 21.0. The Kier molecular flexibility index (Phi) is 5.33. The van der Waals surface area contributed by atoms with Crippen LogP contribution in [0.4, 0.5) is 4.79 Å². The van der Waals surface area contributed by atoms with Crippen molar-refractivity contribution in [2.24, 2.45) is 5.92 Å². The number of aromatic nitrogens is 1. The van der Waals surface area contributed by atoms with E-state index in [1.165, 1.54) is 0 Å². The Bertz CT molecular complexity index is 477. The molecule has 2 rings (SSSR count). The summed E-state index contributed by atoms with van der Waals surface area (Å²) in [4.78, 5) is 15.4. The van der Waals surface area contributed by atoms with Crippen molar-refractivity contribution in [2.45, 2.75) is 25.5 Å².